The van der Waals surface area contributed by atoms with E-state index in [0.29, 0.717) is 6.04 Å². The Morgan fingerprint density at radius 2 is 2.23 bits per heavy atom. The van der Waals surface area contributed by atoms with Gasteiger partial charge in [0, 0.05) is 15.8 Å². The molecule has 0 radical (unpaired) electrons. The van der Waals surface area contributed by atoms with Crippen molar-refractivity contribution < 1.29 is 0 Å². The van der Waals surface area contributed by atoms with Gasteiger partial charge in [-0.05, 0) is 50.7 Å². The maximum Gasteiger partial charge on any atom is 0.00801 e. The second kappa shape index (κ2) is 3.81. The Bertz CT molecular complexity index is 265. The molecule has 1 unspecified atom stereocenters. The van der Waals surface area contributed by atoms with E-state index in [2.05, 4.69) is 13.0 Å². The fraction of sp³-hybridized carbons (Fsp3) is 0.636. The molecule has 1 aliphatic carbocycles. The van der Waals surface area contributed by atoms with Crippen LogP contribution in [0.25, 0.3) is 0 Å². The second-order valence-corrected chi connectivity index (χ2v) is 5.27. The van der Waals surface area contributed by atoms with E-state index in [0.717, 1.165) is 6.42 Å². The first-order valence-corrected chi connectivity index (χ1v) is 5.93. The van der Waals surface area contributed by atoms with E-state index in [1.807, 2.05) is 11.3 Å². The number of fused-ring (bicyclic) bond motifs is 1. The van der Waals surface area contributed by atoms with Crippen LogP contribution in [0.5, 0.6) is 0 Å². The van der Waals surface area contributed by atoms with Gasteiger partial charge in [0.15, 0.2) is 0 Å². The first kappa shape index (κ1) is 9.22. The van der Waals surface area contributed by atoms with E-state index in [4.69, 9.17) is 5.73 Å². The standard InChI is InChI=1S/C11H17NS/c1-8(12)6-10-7-9-4-2-3-5-11(9)13-10/h7-8H,2-6,12H2,1H3. The summed E-state index contributed by atoms with van der Waals surface area (Å²) in [7, 11) is 0. The molecule has 1 aromatic heterocycles. The van der Waals surface area contributed by atoms with Gasteiger partial charge in [0.05, 0.1) is 0 Å². The lowest BCUT2D eigenvalue weighted by molar-refractivity contribution is 0.696. The zero-order valence-corrected chi connectivity index (χ0v) is 8.99. The number of thiophene rings is 1. The van der Waals surface area contributed by atoms with Crippen LogP contribution in [0.3, 0.4) is 0 Å². The minimum atomic E-state index is 0.306. The topological polar surface area (TPSA) is 26.0 Å². The molecule has 0 fully saturated rings. The molecule has 0 aliphatic heterocycles. The molecule has 0 saturated heterocycles. The van der Waals surface area contributed by atoms with Gasteiger partial charge in [-0.15, -0.1) is 11.3 Å². The molecule has 0 bridgehead atoms. The fourth-order valence-corrected chi connectivity index (χ4v) is 3.37. The van der Waals surface area contributed by atoms with Gasteiger partial charge in [-0.3, -0.25) is 0 Å². The van der Waals surface area contributed by atoms with Gasteiger partial charge in [-0.1, -0.05) is 0 Å². The lowest BCUT2D eigenvalue weighted by Crippen LogP contribution is -2.16. The van der Waals surface area contributed by atoms with E-state index in [9.17, 15) is 0 Å². The smallest absolute Gasteiger partial charge is 0.00801 e. The van der Waals surface area contributed by atoms with Crippen molar-refractivity contribution >= 4 is 11.3 Å². The van der Waals surface area contributed by atoms with Crippen molar-refractivity contribution in [2.75, 3.05) is 0 Å². The highest BCUT2D eigenvalue weighted by Gasteiger charge is 2.13. The highest BCUT2D eigenvalue weighted by atomic mass is 32.1. The number of hydrogen-bond acceptors (Lipinski definition) is 2. The van der Waals surface area contributed by atoms with Gasteiger partial charge in [0.25, 0.3) is 0 Å². The largest absolute Gasteiger partial charge is 0.328 e. The summed E-state index contributed by atoms with van der Waals surface area (Å²) in [6, 6.07) is 2.68. The Hall–Kier alpha value is -0.340. The van der Waals surface area contributed by atoms with Crippen LogP contribution in [0.1, 0.15) is 35.1 Å². The quantitative estimate of drug-likeness (QED) is 0.771. The van der Waals surface area contributed by atoms with Gasteiger partial charge in [-0.25, -0.2) is 0 Å². The van der Waals surface area contributed by atoms with E-state index < -0.39 is 0 Å². The van der Waals surface area contributed by atoms with Gasteiger partial charge in [0.1, 0.15) is 0 Å². The average molecular weight is 195 g/mol. The molecule has 0 saturated carbocycles. The van der Waals surface area contributed by atoms with Crippen LogP contribution in [0.4, 0.5) is 0 Å². The molecule has 1 nitrogen and oxygen atoms in total. The molecular formula is C11H17NS. The van der Waals surface area contributed by atoms with Crippen LogP contribution in [-0.2, 0) is 19.3 Å². The molecule has 2 rings (SSSR count). The molecule has 1 aromatic rings. The minimum absolute atomic E-state index is 0.306. The molecule has 0 amide bonds. The lowest BCUT2D eigenvalue weighted by atomic mass is 9.99. The average Bonchev–Trinajstić information content (AvgIpc) is 2.44. The van der Waals surface area contributed by atoms with Crippen LogP contribution >= 0.6 is 11.3 Å². The van der Waals surface area contributed by atoms with Gasteiger partial charge in [-0.2, -0.15) is 0 Å². The van der Waals surface area contributed by atoms with Crippen molar-refractivity contribution in [1.82, 2.24) is 0 Å². The van der Waals surface area contributed by atoms with Crippen molar-refractivity contribution in [3.05, 3.63) is 21.4 Å². The van der Waals surface area contributed by atoms with E-state index in [1.54, 1.807) is 10.4 Å². The Kier molecular flexibility index (Phi) is 2.70. The SMILES string of the molecule is CC(N)Cc1cc2c(s1)CCCC2. The molecule has 2 N–H and O–H groups in total. The highest BCUT2D eigenvalue weighted by Crippen LogP contribution is 2.30. The molecule has 72 valence electrons. The summed E-state index contributed by atoms with van der Waals surface area (Å²) in [5.74, 6) is 0. The summed E-state index contributed by atoms with van der Waals surface area (Å²) in [5.41, 5.74) is 7.39. The summed E-state index contributed by atoms with van der Waals surface area (Å²) < 4.78 is 0. The molecule has 2 heteroatoms. The predicted molar refractivity (Wildman–Crippen MR) is 58.3 cm³/mol. The Morgan fingerprint density at radius 1 is 1.46 bits per heavy atom. The third-order valence-electron chi connectivity index (χ3n) is 2.57. The number of hydrogen-bond donors (Lipinski definition) is 1. The van der Waals surface area contributed by atoms with Crippen LogP contribution in [-0.4, -0.2) is 6.04 Å². The van der Waals surface area contributed by atoms with Crippen LogP contribution in [0.2, 0.25) is 0 Å². The molecule has 0 aromatic carbocycles. The van der Waals surface area contributed by atoms with E-state index in [1.165, 1.54) is 30.6 Å². The van der Waals surface area contributed by atoms with Crippen LogP contribution in [0.15, 0.2) is 6.07 Å². The van der Waals surface area contributed by atoms with Crippen molar-refractivity contribution in [2.45, 2.75) is 45.1 Å². The molecule has 13 heavy (non-hydrogen) atoms. The van der Waals surface area contributed by atoms with Crippen molar-refractivity contribution in [3.8, 4) is 0 Å². The monoisotopic (exact) mass is 195 g/mol. The zero-order chi connectivity index (χ0) is 9.26. The van der Waals surface area contributed by atoms with Gasteiger partial charge < -0.3 is 5.73 Å². The fourth-order valence-electron chi connectivity index (χ4n) is 1.97. The summed E-state index contributed by atoms with van der Waals surface area (Å²) in [6.07, 6.45) is 6.41. The molecule has 1 aliphatic rings. The number of aryl methyl sites for hydroxylation is 2. The summed E-state index contributed by atoms with van der Waals surface area (Å²) in [5, 5.41) is 0. The first-order chi connectivity index (χ1) is 6.25. The molecule has 1 heterocycles. The Balaban J connectivity index is 2.15. The molecule has 1 atom stereocenters. The highest BCUT2D eigenvalue weighted by molar-refractivity contribution is 7.12. The number of nitrogens with two attached hydrogens (primary N) is 1. The van der Waals surface area contributed by atoms with Gasteiger partial charge >= 0.3 is 0 Å². The minimum Gasteiger partial charge on any atom is -0.328 e. The first-order valence-electron chi connectivity index (χ1n) is 5.12. The maximum absolute atomic E-state index is 5.79. The lowest BCUT2D eigenvalue weighted by Gasteiger charge is -2.08. The van der Waals surface area contributed by atoms with E-state index in [-0.39, 0.29) is 0 Å². The maximum atomic E-state index is 5.79. The van der Waals surface area contributed by atoms with Crippen LogP contribution in [0, 0.1) is 0 Å². The van der Waals surface area contributed by atoms with Crippen molar-refractivity contribution in [2.24, 2.45) is 5.73 Å². The normalized spacial score (nSPS) is 18.3. The van der Waals surface area contributed by atoms with Crippen molar-refractivity contribution in [3.63, 3.8) is 0 Å². The van der Waals surface area contributed by atoms with E-state index >= 15 is 0 Å². The van der Waals surface area contributed by atoms with Gasteiger partial charge in [0.2, 0.25) is 0 Å². The summed E-state index contributed by atoms with van der Waals surface area (Å²) >= 11 is 1.98. The summed E-state index contributed by atoms with van der Waals surface area (Å²) in [6.45, 7) is 2.08. The second-order valence-electron chi connectivity index (χ2n) is 4.05. The Morgan fingerprint density at radius 3 is 2.92 bits per heavy atom. The summed E-state index contributed by atoms with van der Waals surface area (Å²) in [4.78, 5) is 3.11. The number of rotatable bonds is 2. The molecular weight excluding hydrogens is 178 g/mol. The predicted octanol–water partition coefficient (Wildman–Crippen LogP) is 2.52. The third-order valence-corrected chi connectivity index (χ3v) is 3.83. The third kappa shape index (κ3) is 2.12. The van der Waals surface area contributed by atoms with Crippen LogP contribution < -0.4 is 5.73 Å². The molecule has 0 spiro atoms. The zero-order valence-electron chi connectivity index (χ0n) is 8.18. The Labute approximate surface area is 84.0 Å². The van der Waals surface area contributed by atoms with Crippen molar-refractivity contribution in [1.29, 1.82) is 0 Å².